The van der Waals surface area contributed by atoms with Gasteiger partial charge in [-0.25, -0.2) is 14.6 Å². The monoisotopic (exact) mass is 279 g/mol. The van der Waals surface area contributed by atoms with Gasteiger partial charge in [0.15, 0.2) is 0 Å². The van der Waals surface area contributed by atoms with Crippen LogP contribution in [0.5, 0.6) is 0 Å². The van der Waals surface area contributed by atoms with E-state index in [9.17, 15) is 9.59 Å². The number of esters is 2. The first kappa shape index (κ1) is 16.1. The Morgan fingerprint density at radius 2 is 1.75 bits per heavy atom. The molecule has 0 spiro atoms. The molecule has 0 fully saturated rings. The van der Waals surface area contributed by atoms with Gasteiger partial charge in [-0.05, 0) is 31.9 Å². The summed E-state index contributed by atoms with van der Waals surface area (Å²) < 4.78 is 10.2. The second-order valence-corrected chi connectivity index (χ2v) is 4.62. The summed E-state index contributed by atoms with van der Waals surface area (Å²) in [5, 5.41) is 0. The van der Waals surface area contributed by atoms with E-state index in [0.29, 0.717) is 0 Å². The van der Waals surface area contributed by atoms with Gasteiger partial charge in [0, 0.05) is 0 Å². The van der Waals surface area contributed by atoms with Gasteiger partial charge in [0.05, 0.1) is 6.61 Å². The molecule has 110 valence electrons. The zero-order chi connectivity index (χ0) is 15.1. The van der Waals surface area contributed by atoms with E-state index in [1.807, 2.05) is 20.8 Å². The van der Waals surface area contributed by atoms with Gasteiger partial charge in [0.25, 0.3) is 0 Å². The standard InChI is InChI=1S/C15H21NO4/c1-5-10(3)11(4)20-15(18)13-9-7-8-12(16-13)14(17)19-6-2/h7-11H,5-6H2,1-4H3. The predicted octanol–water partition coefficient (Wildman–Crippen LogP) is 2.85. The van der Waals surface area contributed by atoms with Crippen molar-refractivity contribution in [1.82, 2.24) is 4.98 Å². The van der Waals surface area contributed by atoms with Crippen LogP contribution in [0, 0.1) is 5.92 Å². The number of hydrogen-bond acceptors (Lipinski definition) is 5. The maximum atomic E-state index is 12.0. The quantitative estimate of drug-likeness (QED) is 0.749. The highest BCUT2D eigenvalue weighted by molar-refractivity contribution is 5.91. The number of pyridine rings is 1. The lowest BCUT2D eigenvalue weighted by atomic mass is 10.0. The van der Waals surface area contributed by atoms with Crippen LogP contribution in [-0.4, -0.2) is 29.6 Å². The molecule has 5 nitrogen and oxygen atoms in total. The van der Waals surface area contributed by atoms with Crippen molar-refractivity contribution in [2.45, 2.75) is 40.2 Å². The molecule has 0 aliphatic carbocycles. The highest BCUT2D eigenvalue weighted by Crippen LogP contribution is 2.13. The zero-order valence-corrected chi connectivity index (χ0v) is 12.4. The van der Waals surface area contributed by atoms with E-state index in [1.54, 1.807) is 13.0 Å². The molecule has 2 atom stereocenters. The topological polar surface area (TPSA) is 65.5 Å². The first-order valence-corrected chi connectivity index (χ1v) is 6.84. The van der Waals surface area contributed by atoms with E-state index < -0.39 is 11.9 Å². The van der Waals surface area contributed by atoms with E-state index in [1.165, 1.54) is 12.1 Å². The highest BCUT2D eigenvalue weighted by atomic mass is 16.5. The fourth-order valence-electron chi connectivity index (χ4n) is 1.54. The van der Waals surface area contributed by atoms with Crippen LogP contribution in [-0.2, 0) is 9.47 Å². The minimum Gasteiger partial charge on any atom is -0.461 e. The molecule has 0 aromatic carbocycles. The molecule has 1 aromatic heterocycles. The molecule has 0 aliphatic rings. The molecule has 2 unspecified atom stereocenters. The van der Waals surface area contributed by atoms with Gasteiger partial charge in [-0.2, -0.15) is 0 Å². The van der Waals surface area contributed by atoms with Crippen molar-refractivity contribution in [3.05, 3.63) is 29.6 Å². The Bertz CT molecular complexity index is 473. The third kappa shape index (κ3) is 4.33. The average molecular weight is 279 g/mol. The van der Waals surface area contributed by atoms with E-state index in [0.717, 1.165) is 6.42 Å². The van der Waals surface area contributed by atoms with Crippen molar-refractivity contribution in [2.75, 3.05) is 6.61 Å². The van der Waals surface area contributed by atoms with Gasteiger partial charge in [0.1, 0.15) is 17.5 Å². The molecule has 1 heterocycles. The molecule has 0 saturated heterocycles. The normalized spacial score (nSPS) is 13.4. The van der Waals surface area contributed by atoms with Crippen molar-refractivity contribution in [3.63, 3.8) is 0 Å². The number of carbonyl (C=O) groups excluding carboxylic acids is 2. The second kappa shape index (κ2) is 7.62. The molecule has 5 heteroatoms. The van der Waals surface area contributed by atoms with Gasteiger partial charge < -0.3 is 9.47 Å². The largest absolute Gasteiger partial charge is 0.461 e. The predicted molar refractivity (Wildman–Crippen MR) is 74.5 cm³/mol. The summed E-state index contributed by atoms with van der Waals surface area (Å²) in [5.41, 5.74) is 0.225. The van der Waals surface area contributed by atoms with Gasteiger partial charge >= 0.3 is 11.9 Å². The number of ether oxygens (including phenoxy) is 2. The van der Waals surface area contributed by atoms with E-state index in [-0.39, 0.29) is 30.0 Å². The van der Waals surface area contributed by atoms with Crippen LogP contribution in [0.25, 0.3) is 0 Å². The number of nitrogens with zero attached hydrogens (tertiary/aromatic N) is 1. The van der Waals surface area contributed by atoms with Gasteiger partial charge in [-0.3, -0.25) is 0 Å². The molecular weight excluding hydrogens is 258 g/mol. The van der Waals surface area contributed by atoms with Crippen molar-refractivity contribution in [1.29, 1.82) is 0 Å². The number of hydrogen-bond donors (Lipinski definition) is 0. The SMILES string of the molecule is CCOC(=O)c1cccc(C(=O)OC(C)C(C)CC)n1. The fourth-order valence-corrected chi connectivity index (χ4v) is 1.54. The third-order valence-electron chi connectivity index (χ3n) is 3.18. The fraction of sp³-hybridized carbons (Fsp3) is 0.533. The zero-order valence-electron chi connectivity index (χ0n) is 12.4. The lowest BCUT2D eigenvalue weighted by molar-refractivity contribution is 0.0206. The maximum Gasteiger partial charge on any atom is 0.357 e. The summed E-state index contributed by atoms with van der Waals surface area (Å²) in [6.07, 6.45) is 0.727. The molecule has 0 saturated carbocycles. The van der Waals surface area contributed by atoms with Gasteiger partial charge in [0.2, 0.25) is 0 Å². The maximum absolute atomic E-state index is 12.0. The van der Waals surface area contributed by atoms with Crippen LogP contribution >= 0.6 is 0 Å². The molecule has 20 heavy (non-hydrogen) atoms. The summed E-state index contributed by atoms with van der Waals surface area (Å²) in [6.45, 7) is 7.88. The summed E-state index contributed by atoms with van der Waals surface area (Å²) in [5.74, 6) is -0.798. The average Bonchev–Trinajstić information content (AvgIpc) is 2.46. The van der Waals surface area contributed by atoms with Gasteiger partial charge in [-0.1, -0.05) is 26.3 Å². The minimum atomic E-state index is -0.544. The Kier molecular flexibility index (Phi) is 6.15. The summed E-state index contributed by atoms with van der Waals surface area (Å²) in [4.78, 5) is 27.5. The van der Waals surface area contributed by atoms with Crippen LogP contribution in [0.4, 0.5) is 0 Å². The lowest BCUT2D eigenvalue weighted by Crippen LogP contribution is -2.22. The molecule has 0 amide bonds. The van der Waals surface area contributed by atoms with Gasteiger partial charge in [-0.15, -0.1) is 0 Å². The van der Waals surface area contributed by atoms with Crippen molar-refractivity contribution >= 4 is 11.9 Å². The van der Waals surface area contributed by atoms with Crippen LogP contribution in [0.15, 0.2) is 18.2 Å². The van der Waals surface area contributed by atoms with E-state index in [2.05, 4.69) is 4.98 Å². The molecule has 1 aromatic rings. The Morgan fingerprint density at radius 1 is 1.15 bits per heavy atom. The summed E-state index contributed by atoms with van der Waals surface area (Å²) in [7, 11) is 0. The van der Waals surface area contributed by atoms with Crippen molar-refractivity contribution < 1.29 is 19.1 Å². The summed E-state index contributed by atoms with van der Waals surface area (Å²) >= 11 is 0. The highest BCUT2D eigenvalue weighted by Gasteiger charge is 2.19. The lowest BCUT2D eigenvalue weighted by Gasteiger charge is -2.18. The minimum absolute atomic E-state index is 0.109. The van der Waals surface area contributed by atoms with Crippen LogP contribution in [0.1, 0.15) is 55.1 Å². The Balaban J connectivity index is 2.79. The number of carbonyl (C=O) groups is 2. The molecule has 0 N–H and O–H groups in total. The number of aromatic nitrogens is 1. The van der Waals surface area contributed by atoms with Crippen LogP contribution in [0.3, 0.4) is 0 Å². The van der Waals surface area contributed by atoms with Crippen LogP contribution in [0.2, 0.25) is 0 Å². The number of rotatable bonds is 6. The molecule has 0 aliphatic heterocycles. The molecule has 1 rings (SSSR count). The van der Waals surface area contributed by atoms with E-state index in [4.69, 9.17) is 9.47 Å². The van der Waals surface area contributed by atoms with Crippen molar-refractivity contribution in [2.24, 2.45) is 5.92 Å². The molecular formula is C15H21NO4. The third-order valence-corrected chi connectivity index (χ3v) is 3.18. The summed E-state index contributed by atoms with van der Waals surface area (Å²) in [6, 6.07) is 4.62. The Morgan fingerprint density at radius 3 is 2.30 bits per heavy atom. The van der Waals surface area contributed by atoms with E-state index >= 15 is 0 Å². The second-order valence-electron chi connectivity index (χ2n) is 4.62. The van der Waals surface area contributed by atoms with Crippen molar-refractivity contribution in [3.8, 4) is 0 Å². The Labute approximate surface area is 119 Å². The smallest absolute Gasteiger partial charge is 0.357 e. The molecule has 0 bridgehead atoms. The first-order valence-electron chi connectivity index (χ1n) is 6.84. The van der Waals surface area contributed by atoms with Crippen LogP contribution < -0.4 is 0 Å². The molecule has 0 radical (unpaired) electrons. The first-order chi connectivity index (χ1) is 9.49. The Hall–Kier alpha value is -1.91.